The first-order valence-corrected chi connectivity index (χ1v) is 11.9. The van der Waals surface area contributed by atoms with Gasteiger partial charge in [0.25, 0.3) is 0 Å². The SMILES string of the molecule is C=CC(=C)CC[C@]1(C)[C@H](C)CC[C@@]23[C@@H](OC(C)=O)O[C@H](OC(C)=O)[C@@H]2C[C@@H](OC(C)=O)C[C@@H]13. The van der Waals surface area contributed by atoms with E-state index in [-0.39, 0.29) is 29.3 Å². The summed E-state index contributed by atoms with van der Waals surface area (Å²) in [6.45, 7) is 16.6. The van der Waals surface area contributed by atoms with Gasteiger partial charge in [0.2, 0.25) is 12.6 Å². The van der Waals surface area contributed by atoms with Crippen molar-refractivity contribution in [3.63, 3.8) is 0 Å². The van der Waals surface area contributed by atoms with Gasteiger partial charge in [-0.3, -0.25) is 14.4 Å². The highest BCUT2D eigenvalue weighted by Crippen LogP contribution is 2.68. The second-order valence-corrected chi connectivity index (χ2v) is 10.3. The largest absolute Gasteiger partial charge is 0.463 e. The van der Waals surface area contributed by atoms with Crippen LogP contribution < -0.4 is 0 Å². The van der Waals surface area contributed by atoms with E-state index in [1.807, 2.05) is 0 Å². The molecule has 2 saturated carbocycles. The van der Waals surface area contributed by atoms with E-state index in [1.54, 1.807) is 6.08 Å². The standard InChI is InChI=1S/C26H38O7/c1-8-15(2)9-11-25(7)16(3)10-12-26-21(13-20(14-22(25)26)30-17(4)27)23(31-18(5)28)33-24(26)32-19(6)29/h8,16,20-24H,1-2,9-14H2,3-7H3/t16-,20-,21+,22+,23+,24+,25-,26-/m1/s1. The fourth-order valence-electron chi connectivity index (χ4n) is 6.73. The monoisotopic (exact) mass is 462 g/mol. The van der Waals surface area contributed by atoms with E-state index in [2.05, 4.69) is 27.0 Å². The molecule has 0 aromatic carbocycles. The van der Waals surface area contributed by atoms with Crippen LogP contribution in [0.3, 0.4) is 0 Å². The predicted molar refractivity (Wildman–Crippen MR) is 121 cm³/mol. The molecule has 1 saturated heterocycles. The van der Waals surface area contributed by atoms with Crippen molar-refractivity contribution in [2.24, 2.45) is 28.6 Å². The molecule has 8 atom stereocenters. The van der Waals surface area contributed by atoms with Crippen LogP contribution in [0.15, 0.2) is 24.8 Å². The Bertz CT molecular complexity index is 819. The van der Waals surface area contributed by atoms with Crippen LogP contribution in [0, 0.1) is 28.6 Å². The van der Waals surface area contributed by atoms with Crippen LogP contribution in [0.25, 0.3) is 0 Å². The van der Waals surface area contributed by atoms with E-state index in [0.717, 1.165) is 31.3 Å². The molecule has 1 heterocycles. The first-order chi connectivity index (χ1) is 15.4. The topological polar surface area (TPSA) is 88.1 Å². The summed E-state index contributed by atoms with van der Waals surface area (Å²) in [4.78, 5) is 35.8. The maximum Gasteiger partial charge on any atom is 0.304 e. The fourth-order valence-corrected chi connectivity index (χ4v) is 6.73. The van der Waals surface area contributed by atoms with Gasteiger partial charge in [-0.15, -0.1) is 0 Å². The quantitative estimate of drug-likeness (QED) is 0.308. The normalized spacial score (nSPS) is 39.5. The molecule has 184 valence electrons. The minimum atomic E-state index is -0.853. The van der Waals surface area contributed by atoms with Crippen molar-refractivity contribution in [1.29, 1.82) is 0 Å². The molecule has 3 fully saturated rings. The number of hydrogen-bond acceptors (Lipinski definition) is 7. The van der Waals surface area contributed by atoms with E-state index in [4.69, 9.17) is 18.9 Å². The van der Waals surface area contributed by atoms with Crippen molar-refractivity contribution in [2.45, 2.75) is 91.8 Å². The number of rotatable bonds is 7. The maximum atomic E-state index is 12.1. The van der Waals surface area contributed by atoms with Crippen LogP contribution in [0.5, 0.6) is 0 Å². The highest BCUT2D eigenvalue weighted by molar-refractivity contribution is 5.67. The van der Waals surface area contributed by atoms with E-state index in [0.29, 0.717) is 18.8 Å². The molecule has 0 aromatic heterocycles. The van der Waals surface area contributed by atoms with Crippen LogP contribution in [0.1, 0.15) is 73.1 Å². The van der Waals surface area contributed by atoms with E-state index in [1.165, 1.54) is 20.8 Å². The number of esters is 3. The zero-order valence-corrected chi connectivity index (χ0v) is 20.6. The smallest absolute Gasteiger partial charge is 0.304 e. The molecule has 0 aromatic rings. The van der Waals surface area contributed by atoms with Gasteiger partial charge >= 0.3 is 17.9 Å². The second kappa shape index (κ2) is 9.61. The summed E-state index contributed by atoms with van der Waals surface area (Å²) in [5, 5.41) is 0. The van der Waals surface area contributed by atoms with Crippen LogP contribution in [0.2, 0.25) is 0 Å². The summed E-state index contributed by atoms with van der Waals surface area (Å²) < 4.78 is 23.2. The van der Waals surface area contributed by atoms with E-state index in [9.17, 15) is 14.4 Å². The van der Waals surface area contributed by atoms with Gasteiger partial charge in [-0.25, -0.2) is 0 Å². The summed E-state index contributed by atoms with van der Waals surface area (Å²) in [7, 11) is 0. The Labute approximate surface area is 196 Å². The molecule has 7 heteroatoms. The summed E-state index contributed by atoms with van der Waals surface area (Å²) in [5.74, 6) is -1.06. The van der Waals surface area contributed by atoms with Gasteiger partial charge < -0.3 is 18.9 Å². The predicted octanol–water partition coefficient (Wildman–Crippen LogP) is 4.70. The highest BCUT2D eigenvalue weighted by Gasteiger charge is 2.70. The Morgan fingerprint density at radius 1 is 1.06 bits per heavy atom. The average Bonchev–Trinajstić information content (AvgIpc) is 2.99. The van der Waals surface area contributed by atoms with Crippen molar-refractivity contribution >= 4 is 17.9 Å². The lowest BCUT2D eigenvalue weighted by Gasteiger charge is -2.61. The molecule has 1 aliphatic heterocycles. The van der Waals surface area contributed by atoms with Crippen molar-refractivity contribution in [1.82, 2.24) is 0 Å². The number of carbonyl (C=O) groups is 3. The third kappa shape index (κ3) is 4.75. The zero-order chi connectivity index (χ0) is 24.6. The van der Waals surface area contributed by atoms with Crippen molar-refractivity contribution < 1.29 is 33.3 Å². The van der Waals surface area contributed by atoms with Gasteiger partial charge in [-0.05, 0) is 55.8 Å². The lowest BCUT2D eigenvalue weighted by atomic mass is 9.44. The van der Waals surface area contributed by atoms with Gasteiger partial charge in [0.05, 0.1) is 0 Å². The molecular weight excluding hydrogens is 424 g/mol. The van der Waals surface area contributed by atoms with Crippen molar-refractivity contribution in [2.75, 3.05) is 0 Å². The summed E-state index contributed by atoms with van der Waals surface area (Å²) in [6.07, 6.45) is 4.31. The third-order valence-electron chi connectivity index (χ3n) is 8.47. The van der Waals surface area contributed by atoms with Crippen LogP contribution in [0.4, 0.5) is 0 Å². The first kappa shape index (κ1) is 25.5. The molecule has 7 nitrogen and oxygen atoms in total. The molecule has 3 aliphatic rings. The molecule has 0 unspecified atom stereocenters. The first-order valence-electron chi connectivity index (χ1n) is 11.9. The summed E-state index contributed by atoms with van der Waals surface area (Å²) in [6, 6.07) is 0. The third-order valence-corrected chi connectivity index (χ3v) is 8.47. The number of carbonyl (C=O) groups excluding carboxylic acids is 3. The maximum absolute atomic E-state index is 12.1. The molecular formula is C26H38O7. The molecule has 3 rings (SSSR count). The molecule has 0 amide bonds. The van der Waals surface area contributed by atoms with Crippen molar-refractivity contribution in [3.8, 4) is 0 Å². The Morgan fingerprint density at radius 3 is 2.27 bits per heavy atom. The van der Waals surface area contributed by atoms with Crippen LogP contribution >= 0.6 is 0 Å². The Hall–Kier alpha value is -2.15. The lowest BCUT2D eigenvalue weighted by Crippen LogP contribution is -2.60. The van der Waals surface area contributed by atoms with E-state index >= 15 is 0 Å². The number of hydrogen-bond donors (Lipinski definition) is 0. The number of ether oxygens (including phenoxy) is 4. The Balaban J connectivity index is 2.09. The Morgan fingerprint density at radius 2 is 1.70 bits per heavy atom. The molecule has 0 bridgehead atoms. The summed E-state index contributed by atoms with van der Waals surface area (Å²) >= 11 is 0. The van der Waals surface area contributed by atoms with Crippen LogP contribution in [-0.2, 0) is 33.3 Å². The summed E-state index contributed by atoms with van der Waals surface area (Å²) in [5.41, 5.74) is 0.289. The van der Waals surface area contributed by atoms with Crippen LogP contribution in [-0.4, -0.2) is 36.6 Å². The Kier molecular flexibility index (Phi) is 7.42. The minimum Gasteiger partial charge on any atom is -0.463 e. The molecule has 0 radical (unpaired) electrons. The molecule has 2 aliphatic carbocycles. The highest BCUT2D eigenvalue weighted by atomic mass is 16.8. The average molecular weight is 463 g/mol. The molecule has 0 N–H and O–H groups in total. The minimum absolute atomic E-state index is 0.0272. The molecule has 33 heavy (non-hydrogen) atoms. The van der Waals surface area contributed by atoms with Crippen molar-refractivity contribution in [3.05, 3.63) is 24.8 Å². The van der Waals surface area contributed by atoms with Gasteiger partial charge in [0.15, 0.2) is 0 Å². The van der Waals surface area contributed by atoms with Gasteiger partial charge in [0, 0.05) is 32.1 Å². The van der Waals surface area contributed by atoms with E-state index < -0.39 is 29.9 Å². The van der Waals surface area contributed by atoms with Gasteiger partial charge in [-0.2, -0.15) is 0 Å². The number of allylic oxidation sites excluding steroid dienone is 2. The fraction of sp³-hybridized carbons (Fsp3) is 0.731. The van der Waals surface area contributed by atoms with Gasteiger partial charge in [-0.1, -0.05) is 38.7 Å². The zero-order valence-electron chi connectivity index (χ0n) is 20.6. The molecule has 1 spiro atoms. The van der Waals surface area contributed by atoms with Gasteiger partial charge in [0.1, 0.15) is 6.10 Å². The second-order valence-electron chi connectivity index (χ2n) is 10.3. The lowest BCUT2D eigenvalue weighted by molar-refractivity contribution is -0.238.